The van der Waals surface area contributed by atoms with E-state index in [4.69, 9.17) is 0 Å². The second kappa shape index (κ2) is 4.34. The molecule has 0 aliphatic heterocycles. The first-order valence-electron chi connectivity index (χ1n) is 5.34. The minimum atomic E-state index is -3.11. The van der Waals surface area contributed by atoms with Gasteiger partial charge in [0, 0.05) is 6.26 Å². The van der Waals surface area contributed by atoms with Gasteiger partial charge in [0.1, 0.15) is 0 Å². The van der Waals surface area contributed by atoms with Crippen molar-refractivity contribution in [2.24, 2.45) is 0 Å². The second-order valence-electron chi connectivity index (χ2n) is 4.17. The molecular formula is C14H14O2S. The zero-order valence-corrected chi connectivity index (χ0v) is 10.7. The summed E-state index contributed by atoms with van der Waals surface area (Å²) in [6, 6.07) is 15.1. The summed E-state index contributed by atoms with van der Waals surface area (Å²) < 4.78 is 22.7. The van der Waals surface area contributed by atoms with Crippen LogP contribution in [-0.4, -0.2) is 14.7 Å². The van der Waals surface area contributed by atoms with Crippen LogP contribution in [0.15, 0.2) is 53.4 Å². The van der Waals surface area contributed by atoms with Gasteiger partial charge >= 0.3 is 0 Å². The van der Waals surface area contributed by atoms with Crippen LogP contribution in [0.4, 0.5) is 0 Å². The van der Waals surface area contributed by atoms with Gasteiger partial charge in [0.25, 0.3) is 0 Å². The lowest BCUT2D eigenvalue weighted by atomic mass is 10.0. The Kier molecular flexibility index (Phi) is 3.03. The standard InChI is InChI=1S/C14H14O2S/c1-11-4-3-5-13(10-11)12-6-8-14(9-7-12)17(2,15)16/h3-10H,1-2H3. The Morgan fingerprint density at radius 1 is 0.882 bits per heavy atom. The van der Waals surface area contributed by atoms with Crippen LogP contribution in [0.2, 0.25) is 0 Å². The molecule has 0 saturated carbocycles. The first-order valence-corrected chi connectivity index (χ1v) is 7.23. The molecule has 0 radical (unpaired) electrons. The van der Waals surface area contributed by atoms with E-state index in [1.54, 1.807) is 12.1 Å². The quantitative estimate of drug-likeness (QED) is 0.816. The van der Waals surface area contributed by atoms with Gasteiger partial charge in [0.15, 0.2) is 9.84 Å². The average molecular weight is 246 g/mol. The number of aryl methyl sites for hydroxylation is 1. The third kappa shape index (κ3) is 2.74. The van der Waals surface area contributed by atoms with Crippen LogP contribution >= 0.6 is 0 Å². The van der Waals surface area contributed by atoms with Crippen molar-refractivity contribution in [2.45, 2.75) is 11.8 Å². The van der Waals surface area contributed by atoms with Gasteiger partial charge in [0.2, 0.25) is 0 Å². The lowest BCUT2D eigenvalue weighted by molar-refractivity contribution is 0.602. The molecule has 0 aliphatic rings. The second-order valence-corrected chi connectivity index (χ2v) is 6.18. The molecular weight excluding hydrogens is 232 g/mol. The summed E-state index contributed by atoms with van der Waals surface area (Å²) in [5.74, 6) is 0. The van der Waals surface area contributed by atoms with Crippen molar-refractivity contribution in [1.82, 2.24) is 0 Å². The molecule has 2 aromatic rings. The summed E-state index contributed by atoms with van der Waals surface area (Å²) >= 11 is 0. The van der Waals surface area contributed by atoms with Crippen LogP contribution in [-0.2, 0) is 9.84 Å². The summed E-state index contributed by atoms with van der Waals surface area (Å²) in [7, 11) is -3.11. The van der Waals surface area contributed by atoms with Crippen molar-refractivity contribution in [1.29, 1.82) is 0 Å². The monoisotopic (exact) mass is 246 g/mol. The molecule has 0 aliphatic carbocycles. The molecule has 0 aromatic heterocycles. The minimum absolute atomic E-state index is 0.355. The van der Waals surface area contributed by atoms with Crippen molar-refractivity contribution in [3.05, 3.63) is 54.1 Å². The zero-order valence-electron chi connectivity index (χ0n) is 9.84. The van der Waals surface area contributed by atoms with E-state index in [0.717, 1.165) is 11.1 Å². The van der Waals surface area contributed by atoms with E-state index in [-0.39, 0.29) is 0 Å². The molecule has 0 fully saturated rings. The third-order valence-corrected chi connectivity index (χ3v) is 3.76. The Morgan fingerprint density at radius 2 is 1.53 bits per heavy atom. The van der Waals surface area contributed by atoms with E-state index >= 15 is 0 Å². The van der Waals surface area contributed by atoms with Gasteiger partial charge in [-0.05, 0) is 30.2 Å². The predicted molar refractivity (Wildman–Crippen MR) is 69.7 cm³/mol. The maximum atomic E-state index is 11.3. The van der Waals surface area contributed by atoms with Gasteiger partial charge in [-0.3, -0.25) is 0 Å². The number of hydrogen-bond acceptors (Lipinski definition) is 2. The maximum Gasteiger partial charge on any atom is 0.175 e. The number of hydrogen-bond donors (Lipinski definition) is 0. The summed E-state index contributed by atoms with van der Waals surface area (Å²) in [4.78, 5) is 0.355. The predicted octanol–water partition coefficient (Wildman–Crippen LogP) is 3.07. The van der Waals surface area contributed by atoms with Crippen LogP contribution in [0.1, 0.15) is 5.56 Å². The molecule has 0 amide bonds. The van der Waals surface area contributed by atoms with Crippen LogP contribution in [0, 0.1) is 6.92 Å². The number of benzene rings is 2. The van der Waals surface area contributed by atoms with Gasteiger partial charge in [-0.2, -0.15) is 0 Å². The fraction of sp³-hybridized carbons (Fsp3) is 0.143. The number of rotatable bonds is 2. The normalized spacial score (nSPS) is 11.4. The lowest BCUT2D eigenvalue weighted by Gasteiger charge is -2.04. The van der Waals surface area contributed by atoms with E-state index in [2.05, 4.69) is 6.07 Å². The highest BCUT2D eigenvalue weighted by molar-refractivity contribution is 7.90. The molecule has 2 aromatic carbocycles. The van der Waals surface area contributed by atoms with Gasteiger partial charge in [-0.15, -0.1) is 0 Å². The smallest absolute Gasteiger partial charge is 0.175 e. The molecule has 0 spiro atoms. The van der Waals surface area contributed by atoms with E-state index in [9.17, 15) is 8.42 Å². The largest absolute Gasteiger partial charge is 0.224 e. The first kappa shape index (κ1) is 11.9. The zero-order chi connectivity index (χ0) is 12.5. The van der Waals surface area contributed by atoms with Crippen LogP contribution in [0.3, 0.4) is 0 Å². The molecule has 88 valence electrons. The van der Waals surface area contributed by atoms with E-state index in [0.29, 0.717) is 4.90 Å². The minimum Gasteiger partial charge on any atom is -0.224 e. The average Bonchev–Trinajstić information content (AvgIpc) is 2.28. The van der Waals surface area contributed by atoms with Crippen molar-refractivity contribution < 1.29 is 8.42 Å². The van der Waals surface area contributed by atoms with Crippen molar-refractivity contribution in [3.8, 4) is 11.1 Å². The molecule has 0 N–H and O–H groups in total. The molecule has 0 bridgehead atoms. The van der Waals surface area contributed by atoms with Crippen molar-refractivity contribution in [2.75, 3.05) is 6.26 Å². The van der Waals surface area contributed by atoms with Crippen molar-refractivity contribution in [3.63, 3.8) is 0 Å². The molecule has 0 unspecified atom stereocenters. The Hall–Kier alpha value is -1.61. The topological polar surface area (TPSA) is 34.1 Å². The molecule has 0 saturated heterocycles. The van der Waals surface area contributed by atoms with Crippen LogP contribution in [0.25, 0.3) is 11.1 Å². The Morgan fingerprint density at radius 3 is 2.06 bits per heavy atom. The van der Waals surface area contributed by atoms with Crippen LogP contribution in [0.5, 0.6) is 0 Å². The molecule has 17 heavy (non-hydrogen) atoms. The Balaban J connectivity index is 2.43. The Labute approximate surface area is 102 Å². The van der Waals surface area contributed by atoms with Crippen LogP contribution < -0.4 is 0 Å². The Bertz CT molecular complexity index is 626. The number of sulfone groups is 1. The fourth-order valence-corrected chi connectivity index (χ4v) is 2.35. The molecule has 2 nitrogen and oxygen atoms in total. The summed E-state index contributed by atoms with van der Waals surface area (Å²) in [6.45, 7) is 2.04. The highest BCUT2D eigenvalue weighted by Gasteiger charge is 2.06. The lowest BCUT2D eigenvalue weighted by Crippen LogP contribution is -1.96. The summed E-state index contributed by atoms with van der Waals surface area (Å²) in [6.07, 6.45) is 1.22. The van der Waals surface area contributed by atoms with Crippen molar-refractivity contribution >= 4 is 9.84 Å². The van der Waals surface area contributed by atoms with Gasteiger partial charge < -0.3 is 0 Å². The summed E-state index contributed by atoms with van der Waals surface area (Å²) in [5.41, 5.74) is 3.32. The van der Waals surface area contributed by atoms with Gasteiger partial charge in [0.05, 0.1) is 4.90 Å². The highest BCUT2D eigenvalue weighted by Crippen LogP contribution is 2.22. The molecule has 0 heterocycles. The SMILES string of the molecule is Cc1cccc(-c2ccc(S(C)(=O)=O)cc2)c1. The maximum absolute atomic E-state index is 11.3. The fourth-order valence-electron chi connectivity index (χ4n) is 1.72. The van der Waals surface area contributed by atoms with E-state index in [1.165, 1.54) is 11.8 Å². The van der Waals surface area contributed by atoms with E-state index < -0.39 is 9.84 Å². The molecule has 3 heteroatoms. The highest BCUT2D eigenvalue weighted by atomic mass is 32.2. The molecule has 0 atom stereocenters. The first-order chi connectivity index (χ1) is 7.97. The molecule has 2 rings (SSSR count). The summed E-state index contributed by atoms with van der Waals surface area (Å²) in [5, 5.41) is 0. The van der Waals surface area contributed by atoms with Gasteiger partial charge in [-0.25, -0.2) is 8.42 Å². The van der Waals surface area contributed by atoms with E-state index in [1.807, 2.05) is 37.3 Å². The third-order valence-electron chi connectivity index (χ3n) is 2.63. The van der Waals surface area contributed by atoms with Gasteiger partial charge in [-0.1, -0.05) is 42.0 Å².